The Hall–Kier alpha value is -3.28. The topological polar surface area (TPSA) is 65.6 Å². The summed E-state index contributed by atoms with van der Waals surface area (Å²) in [6.45, 7) is 0.625. The number of benzene rings is 4. The molecular weight excluding hydrogens is 518 g/mol. The molecular formula is C28H28N4O4P2. The van der Waals surface area contributed by atoms with E-state index >= 15 is 0 Å². The second-order valence-electron chi connectivity index (χ2n) is 9.56. The molecule has 2 aliphatic rings. The highest BCUT2D eigenvalue weighted by Gasteiger charge is 2.41. The summed E-state index contributed by atoms with van der Waals surface area (Å²) in [5.74, 6) is 1.01. The van der Waals surface area contributed by atoms with Crippen LogP contribution in [-0.4, -0.2) is 71.8 Å². The molecule has 2 amide bonds. The van der Waals surface area contributed by atoms with Gasteiger partial charge in [0.2, 0.25) is 0 Å². The number of amides is 2. The SMILES string of the molecule is CN(C)P1Oc2ccc3ccccc3c2C(=O)N1CCN1C(=O)c2c(ccc3ccccc23)OP1N(C)C. The fraction of sp³-hybridized carbons (Fsp3) is 0.214. The first-order chi connectivity index (χ1) is 18.3. The summed E-state index contributed by atoms with van der Waals surface area (Å²) in [7, 11) is 4.83. The van der Waals surface area contributed by atoms with Crippen LogP contribution in [0.3, 0.4) is 0 Å². The monoisotopic (exact) mass is 546 g/mol. The molecule has 0 saturated heterocycles. The van der Waals surface area contributed by atoms with E-state index in [1.54, 1.807) is 9.34 Å². The second kappa shape index (κ2) is 9.79. The van der Waals surface area contributed by atoms with Crippen LogP contribution in [0.2, 0.25) is 0 Å². The lowest BCUT2D eigenvalue weighted by Crippen LogP contribution is -2.44. The standard InChI is InChI=1S/C28H28N4O4P2/c1-29(2)37-31(27(33)25-21-11-7-5-9-19(21)13-15-23(25)35-37)17-18-32-28(34)26-22-12-8-6-10-20(22)14-16-24(26)36-38(32)30(3)4/h5-16H,17-18H2,1-4H3. The van der Waals surface area contributed by atoms with Crippen molar-refractivity contribution in [1.82, 2.24) is 18.7 Å². The van der Waals surface area contributed by atoms with Gasteiger partial charge in [-0.25, -0.2) is 9.34 Å². The van der Waals surface area contributed by atoms with Crippen LogP contribution >= 0.6 is 16.9 Å². The van der Waals surface area contributed by atoms with Crippen molar-refractivity contribution in [2.45, 2.75) is 0 Å². The van der Waals surface area contributed by atoms with Crippen molar-refractivity contribution in [2.24, 2.45) is 0 Å². The molecule has 0 N–H and O–H groups in total. The fourth-order valence-corrected chi connectivity index (χ4v) is 8.02. The number of carbonyl (C=O) groups is 2. The van der Waals surface area contributed by atoms with E-state index in [0.717, 1.165) is 21.5 Å². The Bertz CT molecular complexity index is 1460. The predicted octanol–water partition coefficient (Wildman–Crippen LogP) is 5.94. The first-order valence-corrected chi connectivity index (χ1v) is 14.7. The Morgan fingerprint density at radius 2 is 1.00 bits per heavy atom. The molecule has 38 heavy (non-hydrogen) atoms. The van der Waals surface area contributed by atoms with Gasteiger partial charge in [-0.15, -0.1) is 0 Å². The molecule has 10 heteroatoms. The van der Waals surface area contributed by atoms with Crippen LogP contribution in [0.5, 0.6) is 11.5 Å². The van der Waals surface area contributed by atoms with Crippen LogP contribution in [0.15, 0.2) is 72.8 Å². The maximum absolute atomic E-state index is 14.0. The van der Waals surface area contributed by atoms with Crippen LogP contribution in [0, 0.1) is 0 Å². The van der Waals surface area contributed by atoms with Crippen molar-refractivity contribution in [3.63, 3.8) is 0 Å². The molecule has 0 saturated carbocycles. The Labute approximate surface area is 224 Å². The van der Waals surface area contributed by atoms with Crippen molar-refractivity contribution >= 4 is 50.3 Å². The van der Waals surface area contributed by atoms with Crippen molar-refractivity contribution in [3.8, 4) is 11.5 Å². The minimum absolute atomic E-state index is 0.0896. The Morgan fingerprint density at radius 3 is 1.39 bits per heavy atom. The lowest BCUT2D eigenvalue weighted by molar-refractivity contribution is 0.0780. The lowest BCUT2D eigenvalue weighted by atomic mass is 10.0. The van der Waals surface area contributed by atoms with Gasteiger partial charge in [0.15, 0.2) is 0 Å². The third-order valence-corrected chi connectivity index (χ3v) is 10.3. The average molecular weight is 547 g/mol. The molecule has 6 rings (SSSR count). The third kappa shape index (κ3) is 4.09. The van der Waals surface area contributed by atoms with Crippen molar-refractivity contribution < 1.29 is 18.6 Å². The van der Waals surface area contributed by atoms with Gasteiger partial charge < -0.3 is 9.05 Å². The van der Waals surface area contributed by atoms with Gasteiger partial charge in [0, 0.05) is 13.1 Å². The minimum Gasteiger partial charge on any atom is -0.440 e. The van der Waals surface area contributed by atoms with E-state index in [0.29, 0.717) is 35.7 Å². The average Bonchev–Trinajstić information content (AvgIpc) is 2.92. The van der Waals surface area contributed by atoms with E-state index in [1.165, 1.54) is 0 Å². The van der Waals surface area contributed by atoms with E-state index in [4.69, 9.17) is 9.05 Å². The van der Waals surface area contributed by atoms with E-state index in [2.05, 4.69) is 0 Å². The molecule has 0 fully saturated rings. The molecule has 4 aromatic carbocycles. The smallest absolute Gasteiger partial charge is 0.280 e. The molecule has 0 radical (unpaired) electrons. The number of hydrogen-bond donors (Lipinski definition) is 0. The summed E-state index contributed by atoms with van der Waals surface area (Å²) in [5, 5.41) is 3.69. The first-order valence-electron chi connectivity index (χ1n) is 12.3. The summed E-state index contributed by atoms with van der Waals surface area (Å²) in [4.78, 5) is 28.0. The second-order valence-corrected chi connectivity index (χ2v) is 13.5. The number of nitrogens with zero attached hydrogens (tertiary/aromatic N) is 4. The molecule has 8 nitrogen and oxygen atoms in total. The van der Waals surface area contributed by atoms with Gasteiger partial charge >= 0.3 is 0 Å². The van der Waals surface area contributed by atoms with Gasteiger partial charge in [0.25, 0.3) is 28.7 Å². The highest BCUT2D eigenvalue weighted by Crippen LogP contribution is 2.54. The zero-order valence-electron chi connectivity index (χ0n) is 21.7. The summed E-state index contributed by atoms with van der Waals surface area (Å²) in [6, 6.07) is 23.4. The van der Waals surface area contributed by atoms with Crippen LogP contribution in [0.1, 0.15) is 20.7 Å². The minimum atomic E-state index is -1.40. The maximum Gasteiger partial charge on any atom is 0.280 e. The van der Waals surface area contributed by atoms with E-state index in [9.17, 15) is 9.59 Å². The number of carbonyl (C=O) groups excluding carboxylic acids is 2. The molecule has 0 aromatic heterocycles. The zero-order valence-corrected chi connectivity index (χ0v) is 23.4. The van der Waals surface area contributed by atoms with E-state index in [1.807, 2.05) is 110 Å². The van der Waals surface area contributed by atoms with Crippen LogP contribution in [0.4, 0.5) is 0 Å². The molecule has 0 spiro atoms. The van der Waals surface area contributed by atoms with Crippen LogP contribution in [0.25, 0.3) is 21.5 Å². The van der Waals surface area contributed by atoms with E-state index < -0.39 is 16.9 Å². The molecule has 0 aliphatic carbocycles. The maximum atomic E-state index is 14.0. The van der Waals surface area contributed by atoms with Crippen molar-refractivity contribution in [3.05, 3.63) is 83.9 Å². The Kier molecular flexibility index (Phi) is 6.45. The third-order valence-electron chi connectivity index (χ3n) is 6.66. The summed E-state index contributed by atoms with van der Waals surface area (Å²) >= 11 is 0. The summed E-state index contributed by atoms with van der Waals surface area (Å²) < 4.78 is 20.2. The number of rotatable bonds is 5. The van der Waals surface area contributed by atoms with Crippen molar-refractivity contribution in [1.29, 1.82) is 0 Å². The van der Waals surface area contributed by atoms with E-state index in [-0.39, 0.29) is 11.8 Å². The molecule has 2 aliphatic heterocycles. The van der Waals surface area contributed by atoms with Gasteiger partial charge in [-0.2, -0.15) is 0 Å². The highest BCUT2D eigenvalue weighted by atomic mass is 31.2. The molecule has 0 bridgehead atoms. The number of fused-ring (bicyclic) bond motifs is 6. The highest BCUT2D eigenvalue weighted by molar-refractivity contribution is 7.49. The zero-order chi connectivity index (χ0) is 26.6. The Balaban J connectivity index is 1.35. The lowest BCUT2D eigenvalue weighted by Gasteiger charge is -2.42. The summed E-state index contributed by atoms with van der Waals surface area (Å²) in [6.07, 6.45) is 0. The van der Waals surface area contributed by atoms with Crippen LogP contribution in [-0.2, 0) is 0 Å². The van der Waals surface area contributed by atoms with Gasteiger partial charge in [0.1, 0.15) is 11.5 Å². The van der Waals surface area contributed by atoms with Gasteiger partial charge in [-0.3, -0.25) is 18.9 Å². The fourth-order valence-electron chi connectivity index (χ4n) is 4.94. The predicted molar refractivity (Wildman–Crippen MR) is 152 cm³/mol. The van der Waals surface area contributed by atoms with Gasteiger partial charge in [-0.05, 0) is 61.9 Å². The van der Waals surface area contributed by atoms with Gasteiger partial charge in [-0.1, -0.05) is 60.7 Å². The van der Waals surface area contributed by atoms with Crippen molar-refractivity contribution in [2.75, 3.05) is 41.3 Å². The quantitative estimate of drug-likeness (QED) is 0.289. The van der Waals surface area contributed by atoms with Crippen LogP contribution < -0.4 is 9.05 Å². The molecule has 4 aromatic rings. The molecule has 194 valence electrons. The number of hydrogen-bond acceptors (Lipinski definition) is 6. The molecule has 2 heterocycles. The summed E-state index contributed by atoms with van der Waals surface area (Å²) in [5.41, 5.74) is 1.13. The normalized spacial score (nSPS) is 19.1. The van der Waals surface area contributed by atoms with Gasteiger partial charge in [0.05, 0.1) is 11.1 Å². The molecule has 2 unspecified atom stereocenters. The largest absolute Gasteiger partial charge is 0.440 e. The molecule has 2 atom stereocenters. The Morgan fingerprint density at radius 1 is 0.605 bits per heavy atom. The first kappa shape index (κ1) is 25.0.